The SMILES string of the molecule is COC1(c2ccccc2)C=CC(c2ccc(CCC#N)cc2CC(C)C)=CC1(Cc1ccccc1)Cc1ccccc1. The van der Waals surface area contributed by atoms with Crippen LogP contribution >= 0.6 is 0 Å². The van der Waals surface area contributed by atoms with E-state index in [1.54, 1.807) is 0 Å². The van der Waals surface area contributed by atoms with Crippen molar-refractivity contribution in [3.63, 3.8) is 0 Å². The van der Waals surface area contributed by atoms with Crippen molar-refractivity contribution in [3.8, 4) is 6.07 Å². The molecule has 1 aliphatic carbocycles. The van der Waals surface area contributed by atoms with Gasteiger partial charge in [0.1, 0.15) is 5.60 Å². The molecule has 4 aromatic carbocycles. The van der Waals surface area contributed by atoms with Crippen molar-refractivity contribution < 1.29 is 4.74 Å². The molecule has 0 amide bonds. The Morgan fingerprint density at radius 2 is 1.36 bits per heavy atom. The highest BCUT2D eigenvalue weighted by Gasteiger charge is 2.52. The molecule has 0 fully saturated rings. The van der Waals surface area contributed by atoms with E-state index in [2.05, 4.69) is 147 Å². The second-order valence-electron chi connectivity index (χ2n) is 12.0. The molecule has 0 spiro atoms. The molecular formula is C40H41NO. The fourth-order valence-electron chi connectivity index (χ4n) is 6.69. The fourth-order valence-corrected chi connectivity index (χ4v) is 6.69. The molecule has 0 saturated heterocycles. The Morgan fingerprint density at radius 3 is 1.90 bits per heavy atom. The average Bonchev–Trinajstić information content (AvgIpc) is 3.01. The zero-order valence-electron chi connectivity index (χ0n) is 25.1. The minimum Gasteiger partial charge on any atom is -0.368 e. The molecule has 0 bridgehead atoms. The first-order valence-corrected chi connectivity index (χ1v) is 15.1. The van der Waals surface area contributed by atoms with Gasteiger partial charge in [-0.3, -0.25) is 0 Å². The molecular weight excluding hydrogens is 510 g/mol. The number of allylic oxidation sites excluding steroid dienone is 2. The Labute approximate surface area is 252 Å². The summed E-state index contributed by atoms with van der Waals surface area (Å²) in [4.78, 5) is 0. The molecule has 2 heteroatoms. The summed E-state index contributed by atoms with van der Waals surface area (Å²) in [6.45, 7) is 4.55. The monoisotopic (exact) mass is 551 g/mol. The quantitative estimate of drug-likeness (QED) is 0.186. The summed E-state index contributed by atoms with van der Waals surface area (Å²) >= 11 is 0. The highest BCUT2D eigenvalue weighted by atomic mass is 16.5. The van der Waals surface area contributed by atoms with Gasteiger partial charge in [-0.1, -0.05) is 135 Å². The normalized spacial score (nSPS) is 17.5. The van der Waals surface area contributed by atoms with Gasteiger partial charge in [-0.15, -0.1) is 0 Å². The standard InChI is InChI=1S/C40H41NO/c1-31(2)26-36-27-32(18-13-25-41)21-22-38(36)35-23-24-40(42-3,37-19-11-6-12-20-37)39(30-35,28-33-14-7-4-8-15-33)29-34-16-9-5-10-17-34/h4-12,14-17,19-24,27,30-31H,13,18,26,28-29H2,1-3H3. The van der Waals surface area contributed by atoms with Crippen LogP contribution in [0.4, 0.5) is 0 Å². The third kappa shape index (κ3) is 6.18. The zero-order chi connectivity index (χ0) is 29.4. The summed E-state index contributed by atoms with van der Waals surface area (Å²) in [5.74, 6) is 0.518. The molecule has 212 valence electrons. The van der Waals surface area contributed by atoms with Crippen LogP contribution in [0.5, 0.6) is 0 Å². The molecule has 0 N–H and O–H groups in total. The molecule has 0 saturated carbocycles. The van der Waals surface area contributed by atoms with Crippen LogP contribution in [0.25, 0.3) is 5.57 Å². The molecule has 0 radical (unpaired) electrons. The largest absolute Gasteiger partial charge is 0.368 e. The predicted octanol–water partition coefficient (Wildman–Crippen LogP) is 9.31. The molecule has 1 unspecified atom stereocenters. The molecule has 1 atom stereocenters. The lowest BCUT2D eigenvalue weighted by atomic mass is 9.59. The van der Waals surface area contributed by atoms with Gasteiger partial charge in [-0.05, 0) is 76.6 Å². The van der Waals surface area contributed by atoms with Crippen molar-refractivity contribution in [1.29, 1.82) is 5.26 Å². The van der Waals surface area contributed by atoms with E-state index in [4.69, 9.17) is 4.74 Å². The minimum atomic E-state index is -0.672. The first-order valence-electron chi connectivity index (χ1n) is 15.1. The fraction of sp³-hybridized carbons (Fsp3) is 0.275. The zero-order valence-corrected chi connectivity index (χ0v) is 25.1. The van der Waals surface area contributed by atoms with Crippen molar-refractivity contribution in [2.75, 3.05) is 7.11 Å². The molecule has 42 heavy (non-hydrogen) atoms. The van der Waals surface area contributed by atoms with Gasteiger partial charge in [0.15, 0.2) is 0 Å². The smallest absolute Gasteiger partial charge is 0.121 e. The van der Waals surface area contributed by atoms with E-state index in [-0.39, 0.29) is 0 Å². The van der Waals surface area contributed by atoms with E-state index in [0.29, 0.717) is 12.3 Å². The molecule has 0 aliphatic heterocycles. The van der Waals surface area contributed by atoms with Crippen molar-refractivity contribution in [3.05, 3.63) is 161 Å². The minimum absolute atomic E-state index is 0.412. The Balaban J connectivity index is 1.75. The lowest BCUT2D eigenvalue weighted by Crippen LogP contribution is -2.49. The third-order valence-corrected chi connectivity index (χ3v) is 8.55. The van der Waals surface area contributed by atoms with E-state index in [1.807, 2.05) is 7.11 Å². The van der Waals surface area contributed by atoms with E-state index in [1.165, 1.54) is 33.4 Å². The van der Waals surface area contributed by atoms with Crippen LogP contribution in [0.15, 0.2) is 127 Å². The van der Waals surface area contributed by atoms with Crippen LogP contribution < -0.4 is 0 Å². The summed E-state index contributed by atoms with van der Waals surface area (Å²) in [5.41, 5.74) is 7.70. The molecule has 0 aromatic heterocycles. The maximum Gasteiger partial charge on any atom is 0.121 e. The number of nitrogens with zero attached hydrogens (tertiary/aromatic N) is 1. The Bertz CT molecular complexity index is 1520. The van der Waals surface area contributed by atoms with E-state index < -0.39 is 11.0 Å². The van der Waals surface area contributed by atoms with Gasteiger partial charge in [0.25, 0.3) is 0 Å². The van der Waals surface area contributed by atoms with E-state index >= 15 is 0 Å². The van der Waals surface area contributed by atoms with Crippen LogP contribution in [-0.4, -0.2) is 7.11 Å². The molecule has 2 nitrogen and oxygen atoms in total. The highest BCUT2D eigenvalue weighted by molar-refractivity contribution is 5.79. The Kier molecular flexibility index (Phi) is 9.21. The van der Waals surface area contributed by atoms with Gasteiger partial charge in [0, 0.05) is 18.9 Å². The van der Waals surface area contributed by atoms with Crippen molar-refractivity contribution in [2.24, 2.45) is 11.3 Å². The van der Waals surface area contributed by atoms with Crippen molar-refractivity contribution >= 4 is 5.57 Å². The average molecular weight is 552 g/mol. The number of benzene rings is 4. The van der Waals surface area contributed by atoms with Crippen LogP contribution in [0.3, 0.4) is 0 Å². The van der Waals surface area contributed by atoms with Gasteiger partial charge >= 0.3 is 0 Å². The topological polar surface area (TPSA) is 33.0 Å². The summed E-state index contributed by atoms with van der Waals surface area (Å²) in [6, 6.07) is 41.4. The summed E-state index contributed by atoms with van der Waals surface area (Å²) in [5, 5.41) is 9.19. The Hall–Kier alpha value is -4.19. The highest BCUT2D eigenvalue weighted by Crippen LogP contribution is 2.53. The molecule has 5 rings (SSSR count). The first kappa shape index (κ1) is 29.3. The summed E-state index contributed by atoms with van der Waals surface area (Å²) in [6.07, 6.45) is 11.0. The number of ether oxygens (including phenoxy) is 1. The van der Waals surface area contributed by atoms with E-state index in [9.17, 15) is 5.26 Å². The Morgan fingerprint density at radius 1 is 0.762 bits per heavy atom. The maximum atomic E-state index is 9.19. The second kappa shape index (κ2) is 13.2. The molecule has 0 heterocycles. The number of methoxy groups -OCH3 is 1. The van der Waals surface area contributed by atoms with Crippen molar-refractivity contribution in [2.45, 2.75) is 51.6 Å². The van der Waals surface area contributed by atoms with Crippen LogP contribution in [0.2, 0.25) is 0 Å². The first-order chi connectivity index (χ1) is 20.5. The van der Waals surface area contributed by atoms with Gasteiger partial charge in [-0.25, -0.2) is 0 Å². The van der Waals surface area contributed by atoms with Crippen LogP contribution in [-0.2, 0) is 36.0 Å². The number of rotatable bonds is 11. The molecule has 4 aromatic rings. The van der Waals surface area contributed by atoms with Crippen LogP contribution in [0, 0.1) is 22.7 Å². The maximum absolute atomic E-state index is 9.19. The van der Waals surface area contributed by atoms with Crippen molar-refractivity contribution in [1.82, 2.24) is 0 Å². The summed E-state index contributed by atoms with van der Waals surface area (Å²) < 4.78 is 6.71. The van der Waals surface area contributed by atoms with E-state index in [0.717, 1.165) is 31.2 Å². The van der Waals surface area contributed by atoms with Crippen LogP contribution in [0.1, 0.15) is 53.6 Å². The van der Waals surface area contributed by atoms with Gasteiger partial charge in [-0.2, -0.15) is 5.26 Å². The number of hydrogen-bond donors (Lipinski definition) is 0. The van der Waals surface area contributed by atoms with Gasteiger partial charge < -0.3 is 4.74 Å². The predicted molar refractivity (Wildman–Crippen MR) is 174 cm³/mol. The lowest BCUT2D eigenvalue weighted by Gasteiger charge is -2.50. The molecule has 1 aliphatic rings. The summed E-state index contributed by atoms with van der Waals surface area (Å²) in [7, 11) is 1.86. The number of aryl methyl sites for hydroxylation is 1. The van der Waals surface area contributed by atoms with Gasteiger partial charge in [0.05, 0.1) is 6.07 Å². The number of hydrogen-bond acceptors (Lipinski definition) is 2. The van der Waals surface area contributed by atoms with Gasteiger partial charge in [0.2, 0.25) is 0 Å². The lowest BCUT2D eigenvalue weighted by molar-refractivity contribution is -0.0617. The third-order valence-electron chi connectivity index (χ3n) is 8.55. The number of nitriles is 1. The second-order valence-corrected chi connectivity index (χ2v) is 12.0.